The lowest BCUT2D eigenvalue weighted by Crippen LogP contribution is -2.10. The first-order valence-corrected chi connectivity index (χ1v) is 17.9. The van der Waals surface area contributed by atoms with Crippen LogP contribution in [0.5, 0.6) is 0 Å². The smallest absolute Gasteiger partial charge is 0.0645 e. The van der Waals surface area contributed by atoms with Crippen LogP contribution in [0.2, 0.25) is 0 Å². The molecule has 9 aromatic carbocycles. The SMILES string of the molecule is [2H]c1cc(N(c2c([2H])c([2H])c(-c3c([2H])c([2H])c([2H])c([2H])c3[2H])c([2H])c2[2H])c2cc3c(sc4cccc(-c5cccc(-c6ccccc6)c5)c43)c3ccccc23)c([2H])c([2H])c1-c1c([2H])c([2H])c([2H])c([2H])c1[2H]. The molecule has 54 heavy (non-hydrogen) atoms. The van der Waals surface area contributed by atoms with E-state index < -0.39 is 131 Å². The fraction of sp³-hybridized carbons (Fsp3) is 0. The summed E-state index contributed by atoms with van der Waals surface area (Å²) in [6, 6.07) is 21.9. The summed E-state index contributed by atoms with van der Waals surface area (Å²) < 4.78 is 153. The molecule has 10 aromatic rings. The molecular formula is C52H35NS. The van der Waals surface area contributed by atoms with Gasteiger partial charge in [0, 0.05) is 42.3 Å². The van der Waals surface area contributed by atoms with Crippen molar-refractivity contribution in [3.63, 3.8) is 0 Å². The number of benzene rings is 9. The predicted molar refractivity (Wildman–Crippen MR) is 233 cm³/mol. The molecule has 0 atom stereocenters. The molecule has 0 aliphatic rings. The van der Waals surface area contributed by atoms with Gasteiger partial charge in [0.05, 0.1) is 29.0 Å². The van der Waals surface area contributed by atoms with Crippen LogP contribution in [0, 0.1) is 0 Å². The van der Waals surface area contributed by atoms with E-state index in [1.165, 1.54) is 16.2 Å². The van der Waals surface area contributed by atoms with Crippen molar-refractivity contribution in [2.75, 3.05) is 4.90 Å². The number of hydrogen-bond acceptors (Lipinski definition) is 2. The summed E-state index contributed by atoms with van der Waals surface area (Å²) in [5.41, 5.74) is 1.15. The molecule has 0 spiro atoms. The molecule has 254 valence electrons. The molecule has 0 aliphatic heterocycles. The lowest BCUT2D eigenvalue weighted by molar-refractivity contribution is 1.30. The van der Waals surface area contributed by atoms with Gasteiger partial charge in [-0.05, 0) is 86.9 Å². The Kier molecular flexibility index (Phi) is 4.77. The highest BCUT2D eigenvalue weighted by molar-refractivity contribution is 7.26. The minimum absolute atomic E-state index is 0.194. The van der Waals surface area contributed by atoms with Gasteiger partial charge in [-0.25, -0.2) is 0 Å². The van der Waals surface area contributed by atoms with E-state index in [9.17, 15) is 9.60 Å². The molecule has 0 unspecified atom stereocenters. The molecule has 1 heterocycles. The molecule has 0 N–H and O–H groups in total. The van der Waals surface area contributed by atoms with Crippen LogP contribution < -0.4 is 4.90 Å². The topological polar surface area (TPSA) is 3.24 Å². The van der Waals surface area contributed by atoms with Crippen molar-refractivity contribution < 1.29 is 23.3 Å². The highest BCUT2D eigenvalue weighted by Gasteiger charge is 2.21. The monoisotopic (exact) mass is 722 g/mol. The van der Waals surface area contributed by atoms with Gasteiger partial charge in [-0.15, -0.1) is 11.3 Å². The summed E-state index contributed by atoms with van der Waals surface area (Å²) in [5.74, 6) is 0. The highest BCUT2D eigenvalue weighted by atomic mass is 32.1. The molecular weight excluding hydrogens is 671 g/mol. The summed E-state index contributed by atoms with van der Waals surface area (Å²) in [7, 11) is 0. The molecule has 0 fully saturated rings. The van der Waals surface area contributed by atoms with Gasteiger partial charge in [0.25, 0.3) is 0 Å². The van der Waals surface area contributed by atoms with Crippen LogP contribution in [0.1, 0.15) is 23.3 Å². The van der Waals surface area contributed by atoms with Crippen molar-refractivity contribution >= 4 is 59.3 Å². The fourth-order valence-electron chi connectivity index (χ4n) is 6.81. The first-order valence-electron chi connectivity index (χ1n) is 25.5. The first kappa shape index (κ1) is 18.8. The Balaban J connectivity index is 1.33. The van der Waals surface area contributed by atoms with E-state index in [0.29, 0.717) is 16.2 Å². The van der Waals surface area contributed by atoms with Crippen LogP contribution >= 0.6 is 11.3 Å². The predicted octanol–water partition coefficient (Wildman–Crippen LogP) is 15.3. The number of rotatable bonds is 7. The van der Waals surface area contributed by atoms with Crippen LogP contribution in [0.4, 0.5) is 17.1 Å². The van der Waals surface area contributed by atoms with E-state index >= 15 is 0 Å². The fourth-order valence-corrected chi connectivity index (χ4v) is 8.06. The highest BCUT2D eigenvalue weighted by Crippen LogP contribution is 2.48. The lowest BCUT2D eigenvalue weighted by Gasteiger charge is -2.28. The van der Waals surface area contributed by atoms with Gasteiger partial charge in [-0.2, -0.15) is 0 Å². The van der Waals surface area contributed by atoms with Crippen molar-refractivity contribution in [1.82, 2.24) is 0 Å². The summed E-state index contributed by atoms with van der Waals surface area (Å²) >= 11 is 1.53. The van der Waals surface area contributed by atoms with E-state index in [1.54, 1.807) is 18.2 Å². The van der Waals surface area contributed by atoms with Gasteiger partial charge < -0.3 is 4.90 Å². The van der Waals surface area contributed by atoms with Gasteiger partial charge in [0.1, 0.15) is 0 Å². The third-order valence-electron chi connectivity index (χ3n) is 9.25. The molecule has 1 nitrogen and oxygen atoms in total. The van der Waals surface area contributed by atoms with E-state index in [-0.39, 0.29) is 11.4 Å². The van der Waals surface area contributed by atoms with Crippen molar-refractivity contribution in [3.8, 4) is 44.5 Å². The second-order valence-corrected chi connectivity index (χ2v) is 13.5. The van der Waals surface area contributed by atoms with Crippen LogP contribution in [0.25, 0.3) is 75.5 Å². The molecule has 0 aliphatic carbocycles. The molecule has 2 heteroatoms. The minimum Gasteiger partial charge on any atom is -0.310 e. The second-order valence-electron chi connectivity index (χ2n) is 12.4. The third kappa shape index (κ3) is 5.74. The summed E-state index contributed by atoms with van der Waals surface area (Å²) in [5, 5.41) is 2.74. The van der Waals surface area contributed by atoms with E-state index in [0.717, 1.165) is 43.1 Å². The van der Waals surface area contributed by atoms with Crippen LogP contribution in [0.3, 0.4) is 0 Å². The van der Waals surface area contributed by atoms with Crippen molar-refractivity contribution in [2.24, 2.45) is 0 Å². The standard InChI is InChI=1S/C52H35NS/c1-4-14-36(15-5-1)39-26-30-43(31-27-39)53(44-32-28-40(29-33-44)37-16-6-2-7-17-37)49-35-48-51-45(42-21-12-20-41(34-42)38-18-8-3-9-19-38)24-13-25-50(51)54-52(48)47-23-11-10-22-46(47)49/h1-35H/i1D,2D,4D,5D,6D,7D,14D,15D,16D,17D,26D,27D,28D,29D,30D,31D,32D. The summed E-state index contributed by atoms with van der Waals surface area (Å²) in [4.78, 5) is 1.25. The number of thiophene rings is 1. The van der Waals surface area contributed by atoms with E-state index in [4.69, 9.17) is 13.7 Å². The Morgan fingerprint density at radius 2 is 0.981 bits per heavy atom. The van der Waals surface area contributed by atoms with E-state index in [1.807, 2.05) is 78.9 Å². The van der Waals surface area contributed by atoms with Crippen LogP contribution in [-0.4, -0.2) is 0 Å². The summed E-state index contributed by atoms with van der Waals surface area (Å²) in [6.07, 6.45) is 0. The number of fused-ring (bicyclic) bond motifs is 5. The largest absolute Gasteiger partial charge is 0.310 e. The van der Waals surface area contributed by atoms with Gasteiger partial charge >= 0.3 is 0 Å². The van der Waals surface area contributed by atoms with Crippen molar-refractivity contribution in [2.45, 2.75) is 0 Å². The zero-order chi connectivity index (χ0) is 50.6. The normalized spacial score (nSPS) is 15.7. The van der Waals surface area contributed by atoms with Gasteiger partial charge in [-0.1, -0.05) is 170 Å². The van der Waals surface area contributed by atoms with Gasteiger partial charge in [0.15, 0.2) is 0 Å². The first-order chi connectivity index (χ1) is 33.8. The molecule has 10 rings (SSSR count). The maximum atomic E-state index is 9.68. The summed E-state index contributed by atoms with van der Waals surface area (Å²) in [6.45, 7) is 0. The zero-order valence-electron chi connectivity index (χ0n) is 45.2. The van der Waals surface area contributed by atoms with Crippen LogP contribution in [0.15, 0.2) is 212 Å². The minimum atomic E-state index is -0.782. The Bertz CT molecular complexity index is 3840. The Morgan fingerprint density at radius 1 is 0.389 bits per heavy atom. The second kappa shape index (κ2) is 13.7. The van der Waals surface area contributed by atoms with Crippen LogP contribution in [-0.2, 0) is 0 Å². The number of anilines is 3. The Labute approximate surface area is 343 Å². The average molecular weight is 723 g/mol. The molecule has 0 bridgehead atoms. The molecule has 1 aromatic heterocycles. The number of hydrogen-bond donors (Lipinski definition) is 0. The van der Waals surface area contributed by atoms with Gasteiger partial charge in [0.2, 0.25) is 0 Å². The quantitative estimate of drug-likeness (QED) is 0.158. The number of nitrogens with zero attached hydrogens (tertiary/aromatic N) is 1. The average Bonchev–Trinajstić information content (AvgIpc) is 3.77. The Morgan fingerprint density at radius 3 is 1.72 bits per heavy atom. The maximum Gasteiger partial charge on any atom is 0.0645 e. The molecule has 0 amide bonds. The molecule has 0 radical (unpaired) electrons. The lowest BCUT2D eigenvalue weighted by atomic mass is 9.94. The van der Waals surface area contributed by atoms with Crippen molar-refractivity contribution in [1.29, 1.82) is 0 Å². The van der Waals surface area contributed by atoms with E-state index in [2.05, 4.69) is 6.07 Å². The third-order valence-corrected chi connectivity index (χ3v) is 10.5. The zero-order valence-corrected chi connectivity index (χ0v) is 29.1. The van der Waals surface area contributed by atoms with Gasteiger partial charge in [-0.3, -0.25) is 0 Å². The maximum absolute atomic E-state index is 9.68. The van der Waals surface area contributed by atoms with Crippen molar-refractivity contribution in [3.05, 3.63) is 212 Å². The Hall–Kier alpha value is -6.74. The molecule has 0 saturated heterocycles. The molecule has 0 saturated carbocycles.